The van der Waals surface area contributed by atoms with Crippen molar-refractivity contribution in [1.29, 1.82) is 0 Å². The van der Waals surface area contributed by atoms with Gasteiger partial charge in [0.1, 0.15) is 0 Å². The largest absolute Gasteiger partial charge is 0.380 e. The molecule has 2 heteroatoms. The van der Waals surface area contributed by atoms with Gasteiger partial charge in [-0.3, -0.25) is 4.79 Å². The summed E-state index contributed by atoms with van der Waals surface area (Å²) in [5.74, 6) is 0.0836. The van der Waals surface area contributed by atoms with Gasteiger partial charge in [0, 0.05) is 12.7 Å². The molecule has 0 spiro atoms. The Kier molecular flexibility index (Phi) is 4.88. The molecule has 0 heterocycles. The summed E-state index contributed by atoms with van der Waals surface area (Å²) in [4.78, 5) is 11.5. The minimum Gasteiger partial charge on any atom is -0.380 e. The number of carbonyl (C=O) groups is 1. The van der Waals surface area contributed by atoms with Crippen LogP contribution >= 0.6 is 0 Å². The van der Waals surface area contributed by atoms with E-state index in [-0.39, 0.29) is 5.78 Å². The molecule has 0 radical (unpaired) electrons. The monoisotopic (exact) mass is 316 g/mol. The molecule has 0 aliphatic heterocycles. The van der Waals surface area contributed by atoms with Gasteiger partial charge in [-0.25, -0.2) is 0 Å². The highest BCUT2D eigenvalue weighted by Gasteiger charge is 2.09. The predicted molar refractivity (Wildman–Crippen MR) is 98.0 cm³/mol. The van der Waals surface area contributed by atoms with Crippen LogP contribution in [-0.2, 0) is 11.3 Å². The normalized spacial score (nSPS) is 10.6. The summed E-state index contributed by atoms with van der Waals surface area (Å²) in [7, 11) is 1.70. The first kappa shape index (κ1) is 16.2. The van der Waals surface area contributed by atoms with Crippen LogP contribution in [0, 0.1) is 0 Å². The number of hydrogen-bond acceptors (Lipinski definition) is 2. The smallest absolute Gasteiger partial charge is 0.159 e. The topological polar surface area (TPSA) is 26.3 Å². The fraction of sp³-hybridized carbons (Fsp3) is 0.136. The van der Waals surface area contributed by atoms with Crippen LogP contribution in [0.4, 0.5) is 0 Å². The molecule has 3 rings (SSSR count). The van der Waals surface area contributed by atoms with E-state index in [9.17, 15) is 4.79 Å². The van der Waals surface area contributed by atoms with Crippen molar-refractivity contribution in [3.05, 3.63) is 83.9 Å². The maximum absolute atomic E-state index is 11.5. The van der Waals surface area contributed by atoms with Crippen molar-refractivity contribution in [2.75, 3.05) is 7.11 Å². The van der Waals surface area contributed by atoms with E-state index in [1.807, 2.05) is 42.5 Å². The lowest BCUT2D eigenvalue weighted by molar-refractivity contribution is 0.101. The first-order valence-corrected chi connectivity index (χ1v) is 7.97. The number of hydrogen-bond donors (Lipinski definition) is 0. The molecule has 0 aromatic heterocycles. The minimum absolute atomic E-state index is 0.0836. The Morgan fingerprint density at radius 1 is 0.833 bits per heavy atom. The Morgan fingerprint density at radius 3 is 2.12 bits per heavy atom. The van der Waals surface area contributed by atoms with Crippen molar-refractivity contribution in [1.82, 2.24) is 0 Å². The van der Waals surface area contributed by atoms with Crippen LogP contribution in [0.15, 0.2) is 72.8 Å². The molecule has 0 fully saturated rings. The Labute approximate surface area is 142 Å². The molecule has 0 aliphatic rings. The molecule has 0 aliphatic carbocycles. The van der Waals surface area contributed by atoms with Crippen LogP contribution in [0.5, 0.6) is 0 Å². The Morgan fingerprint density at radius 2 is 1.50 bits per heavy atom. The van der Waals surface area contributed by atoms with Gasteiger partial charge in [0.05, 0.1) is 6.61 Å². The van der Waals surface area contributed by atoms with E-state index in [4.69, 9.17) is 4.74 Å². The highest BCUT2D eigenvalue weighted by molar-refractivity contribution is 5.95. The van der Waals surface area contributed by atoms with Crippen LogP contribution in [0.3, 0.4) is 0 Å². The molecule has 0 amide bonds. The standard InChI is InChI=1S/C22H20O2/c1-16(23)18-9-11-20(12-10-18)21-13-8-17(15-24-2)14-22(21)19-6-4-3-5-7-19/h3-14H,15H2,1-2H3. The highest BCUT2D eigenvalue weighted by Crippen LogP contribution is 2.33. The van der Waals surface area contributed by atoms with E-state index in [0.717, 1.165) is 22.3 Å². The van der Waals surface area contributed by atoms with E-state index in [1.165, 1.54) is 11.1 Å². The maximum atomic E-state index is 11.5. The van der Waals surface area contributed by atoms with Gasteiger partial charge in [0.25, 0.3) is 0 Å². The van der Waals surface area contributed by atoms with E-state index in [0.29, 0.717) is 6.61 Å². The number of carbonyl (C=O) groups excluding carboxylic acids is 1. The molecule has 3 aromatic carbocycles. The van der Waals surface area contributed by atoms with Gasteiger partial charge < -0.3 is 4.74 Å². The lowest BCUT2D eigenvalue weighted by Crippen LogP contribution is -1.93. The lowest BCUT2D eigenvalue weighted by Gasteiger charge is -2.13. The van der Waals surface area contributed by atoms with Gasteiger partial charge in [0.2, 0.25) is 0 Å². The molecule has 3 aromatic rings. The fourth-order valence-corrected chi connectivity index (χ4v) is 2.84. The first-order chi connectivity index (χ1) is 11.7. The quantitative estimate of drug-likeness (QED) is 0.592. The van der Waals surface area contributed by atoms with Gasteiger partial charge in [-0.05, 0) is 40.8 Å². The number of benzene rings is 3. The molecule has 0 saturated heterocycles. The Hall–Kier alpha value is -2.71. The van der Waals surface area contributed by atoms with Crippen LogP contribution in [0.2, 0.25) is 0 Å². The predicted octanol–water partition coefficient (Wildman–Crippen LogP) is 5.37. The first-order valence-electron chi connectivity index (χ1n) is 7.97. The van der Waals surface area contributed by atoms with Gasteiger partial charge in [-0.1, -0.05) is 66.7 Å². The average molecular weight is 316 g/mol. The summed E-state index contributed by atoms with van der Waals surface area (Å²) in [6.07, 6.45) is 0. The molecule has 0 atom stereocenters. The number of ether oxygens (including phenoxy) is 1. The van der Waals surface area contributed by atoms with E-state index in [2.05, 4.69) is 30.3 Å². The van der Waals surface area contributed by atoms with Crippen molar-refractivity contribution in [3.8, 4) is 22.3 Å². The third-order valence-corrected chi connectivity index (χ3v) is 4.08. The van der Waals surface area contributed by atoms with Crippen molar-refractivity contribution in [2.24, 2.45) is 0 Å². The number of methoxy groups -OCH3 is 1. The van der Waals surface area contributed by atoms with E-state index < -0.39 is 0 Å². The molecule has 0 bridgehead atoms. The summed E-state index contributed by atoms with van der Waals surface area (Å²) in [6, 6.07) is 24.5. The zero-order valence-corrected chi connectivity index (χ0v) is 14.0. The lowest BCUT2D eigenvalue weighted by atomic mass is 9.92. The molecule has 0 unspecified atom stereocenters. The maximum Gasteiger partial charge on any atom is 0.159 e. The summed E-state index contributed by atoms with van der Waals surface area (Å²) < 4.78 is 5.27. The van der Waals surface area contributed by atoms with Gasteiger partial charge >= 0.3 is 0 Å². The van der Waals surface area contributed by atoms with Crippen molar-refractivity contribution in [3.63, 3.8) is 0 Å². The average Bonchev–Trinajstić information content (AvgIpc) is 2.63. The van der Waals surface area contributed by atoms with E-state index >= 15 is 0 Å². The highest BCUT2D eigenvalue weighted by atomic mass is 16.5. The fourth-order valence-electron chi connectivity index (χ4n) is 2.84. The summed E-state index contributed by atoms with van der Waals surface area (Å²) >= 11 is 0. The van der Waals surface area contributed by atoms with Crippen molar-refractivity contribution in [2.45, 2.75) is 13.5 Å². The van der Waals surface area contributed by atoms with Gasteiger partial charge in [0.15, 0.2) is 5.78 Å². The summed E-state index contributed by atoms with van der Waals surface area (Å²) in [5, 5.41) is 0. The van der Waals surface area contributed by atoms with Crippen LogP contribution in [0.1, 0.15) is 22.8 Å². The number of Topliss-reactive ketones (excluding diaryl/α,β-unsaturated/α-hetero) is 1. The van der Waals surface area contributed by atoms with Crippen LogP contribution < -0.4 is 0 Å². The second kappa shape index (κ2) is 7.24. The van der Waals surface area contributed by atoms with Gasteiger partial charge in [-0.2, -0.15) is 0 Å². The molecule has 24 heavy (non-hydrogen) atoms. The number of ketones is 1. The second-order valence-electron chi connectivity index (χ2n) is 5.81. The summed E-state index contributed by atoms with van der Waals surface area (Å²) in [5.41, 5.74) is 6.46. The SMILES string of the molecule is COCc1ccc(-c2ccc(C(C)=O)cc2)c(-c2ccccc2)c1. The minimum atomic E-state index is 0.0836. The Bertz CT molecular complexity index is 834. The molecular formula is C22H20O2. The molecule has 120 valence electrons. The molecule has 0 saturated carbocycles. The third-order valence-electron chi connectivity index (χ3n) is 4.08. The van der Waals surface area contributed by atoms with Crippen LogP contribution in [0.25, 0.3) is 22.3 Å². The molecule has 0 N–H and O–H groups in total. The van der Waals surface area contributed by atoms with Gasteiger partial charge in [-0.15, -0.1) is 0 Å². The molecular weight excluding hydrogens is 296 g/mol. The number of rotatable bonds is 5. The second-order valence-corrected chi connectivity index (χ2v) is 5.81. The van der Waals surface area contributed by atoms with E-state index in [1.54, 1.807) is 14.0 Å². The third kappa shape index (κ3) is 3.44. The molecule has 2 nitrogen and oxygen atoms in total. The van der Waals surface area contributed by atoms with Crippen molar-refractivity contribution >= 4 is 5.78 Å². The summed E-state index contributed by atoms with van der Waals surface area (Å²) in [6.45, 7) is 2.17. The zero-order valence-electron chi connectivity index (χ0n) is 14.0. The zero-order chi connectivity index (χ0) is 16.9. The Balaban J connectivity index is 2.11. The van der Waals surface area contributed by atoms with Crippen LogP contribution in [-0.4, -0.2) is 12.9 Å². The van der Waals surface area contributed by atoms with Crippen molar-refractivity contribution < 1.29 is 9.53 Å².